The van der Waals surface area contributed by atoms with Gasteiger partial charge in [-0.1, -0.05) is 54.1 Å². The van der Waals surface area contributed by atoms with E-state index in [0.717, 1.165) is 26.8 Å². The number of thiophene rings is 1. The van der Waals surface area contributed by atoms with Gasteiger partial charge in [0.25, 0.3) is 5.91 Å². The summed E-state index contributed by atoms with van der Waals surface area (Å²) in [5.74, 6) is -1.68. The van der Waals surface area contributed by atoms with E-state index in [1.54, 1.807) is 26.2 Å². The molecule has 1 N–H and O–H groups in total. The van der Waals surface area contributed by atoms with Crippen LogP contribution in [0.4, 0.5) is 5.69 Å². The van der Waals surface area contributed by atoms with Gasteiger partial charge in [-0.15, -0.1) is 11.3 Å². The van der Waals surface area contributed by atoms with Crippen molar-refractivity contribution in [3.63, 3.8) is 0 Å². The maximum Gasteiger partial charge on any atom is 0.317 e. The molecule has 198 valence electrons. The third-order valence-corrected chi connectivity index (χ3v) is 8.48. The fourth-order valence-corrected chi connectivity index (χ4v) is 6.28. The highest BCUT2D eigenvalue weighted by Gasteiger charge is 2.39. The van der Waals surface area contributed by atoms with E-state index in [0.29, 0.717) is 27.8 Å². The minimum atomic E-state index is -0.910. The Balaban J connectivity index is 1.38. The number of benzene rings is 3. The number of ether oxygens (including phenoxy) is 2. The molecule has 1 aromatic heterocycles. The summed E-state index contributed by atoms with van der Waals surface area (Å²) in [5.41, 5.74) is 3.11. The topological polar surface area (TPSA) is 81.7 Å². The number of ketones is 1. The van der Waals surface area contributed by atoms with Crippen LogP contribution in [-0.4, -0.2) is 31.4 Å². The van der Waals surface area contributed by atoms with Gasteiger partial charge >= 0.3 is 5.97 Å². The Bertz CT molecular complexity index is 1570. The van der Waals surface area contributed by atoms with E-state index in [9.17, 15) is 14.4 Å². The number of fused-ring (bicyclic) bond motifs is 1. The molecule has 0 fully saturated rings. The van der Waals surface area contributed by atoms with E-state index < -0.39 is 11.9 Å². The summed E-state index contributed by atoms with van der Waals surface area (Å²) in [4.78, 5) is 39.4. The number of amides is 1. The molecule has 0 radical (unpaired) electrons. The van der Waals surface area contributed by atoms with Crippen LogP contribution in [0.3, 0.4) is 0 Å². The van der Waals surface area contributed by atoms with Crippen molar-refractivity contribution in [3.8, 4) is 5.75 Å². The van der Waals surface area contributed by atoms with Crippen molar-refractivity contribution in [2.75, 3.05) is 19.0 Å². The van der Waals surface area contributed by atoms with Crippen LogP contribution in [-0.2, 0) is 14.3 Å². The second kappa shape index (κ2) is 11.4. The van der Waals surface area contributed by atoms with Gasteiger partial charge in [0.15, 0.2) is 5.78 Å². The van der Waals surface area contributed by atoms with Gasteiger partial charge in [0, 0.05) is 21.7 Å². The lowest BCUT2D eigenvalue weighted by Crippen LogP contribution is -2.34. The van der Waals surface area contributed by atoms with E-state index in [1.165, 1.54) is 17.4 Å². The van der Waals surface area contributed by atoms with E-state index in [2.05, 4.69) is 5.32 Å². The Labute approximate surface area is 235 Å². The highest BCUT2D eigenvalue weighted by atomic mass is 35.5. The largest absolute Gasteiger partial charge is 0.497 e. The molecule has 0 aliphatic heterocycles. The fourth-order valence-electron chi connectivity index (χ4n) is 4.86. The van der Waals surface area contributed by atoms with Crippen molar-refractivity contribution in [2.45, 2.75) is 19.3 Å². The lowest BCUT2D eigenvalue weighted by Gasteiger charge is -2.29. The Hall–Kier alpha value is -3.94. The van der Waals surface area contributed by atoms with Crippen LogP contribution in [0, 0.1) is 5.92 Å². The van der Waals surface area contributed by atoms with Crippen molar-refractivity contribution in [1.82, 2.24) is 0 Å². The monoisotopic (exact) mass is 559 g/mol. The summed E-state index contributed by atoms with van der Waals surface area (Å²) < 4.78 is 11.5. The molecule has 6 nitrogen and oxygen atoms in total. The number of methoxy groups -OCH3 is 1. The maximum atomic E-state index is 13.2. The minimum Gasteiger partial charge on any atom is -0.497 e. The molecular weight excluding hydrogens is 534 g/mol. The summed E-state index contributed by atoms with van der Waals surface area (Å²) in [5, 5.41) is 4.20. The van der Waals surface area contributed by atoms with Crippen molar-refractivity contribution in [1.29, 1.82) is 0 Å². The molecule has 1 aliphatic rings. The number of hydrogen-bond acceptors (Lipinski definition) is 6. The Kier molecular flexibility index (Phi) is 7.82. The highest BCUT2D eigenvalue weighted by molar-refractivity contribution is 7.21. The van der Waals surface area contributed by atoms with E-state index in [4.69, 9.17) is 21.1 Å². The van der Waals surface area contributed by atoms with E-state index >= 15 is 0 Å². The van der Waals surface area contributed by atoms with Crippen LogP contribution in [0.5, 0.6) is 5.75 Å². The van der Waals surface area contributed by atoms with Crippen molar-refractivity contribution in [2.24, 2.45) is 5.92 Å². The number of halogens is 1. The summed E-state index contributed by atoms with van der Waals surface area (Å²) in [7, 11) is 1.59. The molecule has 2 atom stereocenters. The minimum absolute atomic E-state index is 0.203. The zero-order chi connectivity index (χ0) is 27.5. The van der Waals surface area contributed by atoms with Gasteiger partial charge in [-0.3, -0.25) is 14.4 Å². The molecule has 1 amide bonds. The molecule has 0 saturated carbocycles. The van der Waals surface area contributed by atoms with E-state index in [-0.39, 0.29) is 24.2 Å². The molecule has 39 heavy (non-hydrogen) atoms. The van der Waals surface area contributed by atoms with E-state index in [1.807, 2.05) is 60.7 Å². The van der Waals surface area contributed by atoms with Gasteiger partial charge in [-0.2, -0.15) is 0 Å². The molecule has 2 unspecified atom stereocenters. The number of esters is 1. The predicted octanol–water partition coefficient (Wildman–Crippen LogP) is 7.13. The average molecular weight is 560 g/mol. The average Bonchev–Trinajstić information content (AvgIpc) is 3.29. The Morgan fingerprint density at radius 3 is 2.41 bits per heavy atom. The third kappa shape index (κ3) is 5.46. The highest BCUT2D eigenvalue weighted by Crippen LogP contribution is 2.41. The normalized spacial score (nSPS) is 17.0. The molecule has 4 aromatic rings. The Morgan fingerprint density at radius 1 is 1.03 bits per heavy atom. The van der Waals surface area contributed by atoms with Crippen LogP contribution in [0.2, 0.25) is 5.02 Å². The lowest BCUT2D eigenvalue weighted by molar-refractivity contribution is -0.151. The number of nitrogens with one attached hydrogen (secondary N) is 1. The van der Waals surface area contributed by atoms with Gasteiger partial charge in [0.05, 0.1) is 18.7 Å². The molecule has 5 rings (SSSR count). The van der Waals surface area contributed by atoms with Crippen LogP contribution >= 0.6 is 22.9 Å². The molecular formula is C31H26ClNO5S. The van der Waals surface area contributed by atoms with Gasteiger partial charge in [-0.05, 0) is 66.5 Å². The first-order chi connectivity index (χ1) is 18.9. The van der Waals surface area contributed by atoms with Crippen molar-refractivity contribution < 1.29 is 23.9 Å². The SMILES string of the molecule is CCOC(=O)C1C(=O)C=C(c2ccc(NC(=O)c3sc4ccccc4c3Cl)cc2)CC1c1ccc(OC)cc1. The quantitative estimate of drug-likeness (QED) is 0.192. The fraction of sp³-hybridized carbons (Fsp3) is 0.194. The van der Waals surface area contributed by atoms with Crippen LogP contribution < -0.4 is 10.1 Å². The first-order valence-corrected chi connectivity index (χ1v) is 13.7. The summed E-state index contributed by atoms with van der Waals surface area (Å²) in [6.07, 6.45) is 2.01. The molecule has 0 bridgehead atoms. The number of allylic oxidation sites excluding steroid dienone is 2. The third-order valence-electron chi connectivity index (χ3n) is 6.80. The van der Waals surface area contributed by atoms with Crippen LogP contribution in [0.1, 0.15) is 40.1 Å². The summed E-state index contributed by atoms with van der Waals surface area (Å²) >= 11 is 7.81. The van der Waals surface area contributed by atoms with Gasteiger partial charge in [0.1, 0.15) is 16.5 Å². The van der Waals surface area contributed by atoms with Gasteiger partial charge in [-0.25, -0.2) is 0 Å². The number of carbonyl (C=O) groups is 3. The number of carbonyl (C=O) groups excluding carboxylic acids is 3. The predicted molar refractivity (Wildman–Crippen MR) is 155 cm³/mol. The summed E-state index contributed by atoms with van der Waals surface area (Å²) in [6.45, 7) is 1.93. The van der Waals surface area contributed by atoms with Gasteiger partial charge in [0.2, 0.25) is 0 Å². The first kappa shape index (κ1) is 26.7. The second-order valence-electron chi connectivity index (χ2n) is 9.16. The molecule has 1 aliphatic carbocycles. The van der Waals surface area contributed by atoms with Crippen LogP contribution in [0.15, 0.2) is 78.9 Å². The first-order valence-electron chi connectivity index (χ1n) is 12.5. The van der Waals surface area contributed by atoms with Crippen molar-refractivity contribution in [3.05, 3.63) is 99.9 Å². The zero-order valence-electron chi connectivity index (χ0n) is 21.4. The Morgan fingerprint density at radius 2 is 1.74 bits per heavy atom. The standard InChI is InChI=1S/C31H26ClNO5S/c1-3-38-31(36)27-24(19-10-14-22(37-2)15-11-19)16-20(17-25(27)34)18-8-12-21(13-9-18)33-30(35)29-28(32)23-6-4-5-7-26(23)39-29/h4-15,17,24,27H,3,16H2,1-2H3,(H,33,35). The van der Waals surface area contributed by atoms with Gasteiger partial charge < -0.3 is 14.8 Å². The zero-order valence-corrected chi connectivity index (χ0v) is 23.0. The maximum absolute atomic E-state index is 13.2. The smallest absolute Gasteiger partial charge is 0.317 e. The second-order valence-corrected chi connectivity index (χ2v) is 10.6. The number of anilines is 1. The molecule has 8 heteroatoms. The molecule has 1 heterocycles. The van der Waals surface area contributed by atoms with Crippen LogP contribution in [0.25, 0.3) is 15.7 Å². The number of hydrogen-bond donors (Lipinski definition) is 1. The lowest BCUT2D eigenvalue weighted by atomic mass is 9.73. The van der Waals surface area contributed by atoms with Crippen molar-refractivity contribution >= 4 is 61.9 Å². The molecule has 0 saturated heterocycles. The number of rotatable bonds is 7. The molecule has 0 spiro atoms. The molecule has 3 aromatic carbocycles. The summed E-state index contributed by atoms with van der Waals surface area (Å²) in [6, 6.07) is 22.3.